The molecule has 0 heterocycles. The van der Waals surface area contributed by atoms with E-state index in [-0.39, 0.29) is 24.6 Å². The Kier molecular flexibility index (Phi) is 9.76. The second-order valence-corrected chi connectivity index (χ2v) is 7.51. The van der Waals surface area contributed by atoms with Crippen molar-refractivity contribution in [2.24, 2.45) is 11.7 Å². The van der Waals surface area contributed by atoms with Crippen LogP contribution in [0.15, 0.2) is 24.3 Å². The Bertz CT molecular complexity index is 750. The predicted octanol–water partition coefficient (Wildman–Crippen LogP) is -0.502. The number of phenols is 1. The number of carboxylic acids is 1. The summed E-state index contributed by atoms with van der Waals surface area (Å²) in [6.45, 7) is 4.90. The first-order chi connectivity index (χ1) is 14.0. The molecular formula is C20H30N4O6. The number of benzene rings is 1. The molecule has 0 saturated carbocycles. The van der Waals surface area contributed by atoms with Crippen LogP contribution in [0.1, 0.15) is 32.8 Å². The van der Waals surface area contributed by atoms with Gasteiger partial charge in [-0.2, -0.15) is 0 Å². The molecule has 0 aliphatic heterocycles. The summed E-state index contributed by atoms with van der Waals surface area (Å²) in [6.07, 6.45) is 0.482. The van der Waals surface area contributed by atoms with E-state index in [1.807, 2.05) is 13.8 Å². The summed E-state index contributed by atoms with van der Waals surface area (Å²) in [5.74, 6) is -2.71. The zero-order valence-electron chi connectivity index (χ0n) is 17.3. The van der Waals surface area contributed by atoms with Crippen molar-refractivity contribution in [3.8, 4) is 5.75 Å². The maximum Gasteiger partial charge on any atom is 0.326 e. The fourth-order valence-corrected chi connectivity index (χ4v) is 2.64. The molecular weight excluding hydrogens is 392 g/mol. The molecule has 1 aromatic carbocycles. The minimum absolute atomic E-state index is 0.00577. The van der Waals surface area contributed by atoms with Crippen LogP contribution in [0.25, 0.3) is 0 Å². The maximum absolute atomic E-state index is 12.3. The van der Waals surface area contributed by atoms with Gasteiger partial charge >= 0.3 is 5.97 Å². The molecule has 166 valence electrons. The SMILES string of the molecule is CC(C)CC(N)C(=O)NCC(=O)NC(C)C(=O)NC(Cc1ccc(O)cc1)C(=O)O. The van der Waals surface area contributed by atoms with E-state index in [0.29, 0.717) is 12.0 Å². The van der Waals surface area contributed by atoms with Crippen molar-refractivity contribution in [3.63, 3.8) is 0 Å². The molecule has 10 heteroatoms. The molecule has 1 aromatic rings. The molecule has 30 heavy (non-hydrogen) atoms. The zero-order valence-corrected chi connectivity index (χ0v) is 17.3. The van der Waals surface area contributed by atoms with E-state index in [4.69, 9.17) is 5.73 Å². The first-order valence-corrected chi connectivity index (χ1v) is 9.63. The highest BCUT2D eigenvalue weighted by molar-refractivity contribution is 5.92. The zero-order chi connectivity index (χ0) is 22.8. The van der Waals surface area contributed by atoms with Crippen molar-refractivity contribution < 1.29 is 29.4 Å². The molecule has 10 nitrogen and oxygen atoms in total. The van der Waals surface area contributed by atoms with E-state index in [0.717, 1.165) is 0 Å². The maximum atomic E-state index is 12.3. The van der Waals surface area contributed by atoms with Crippen molar-refractivity contribution >= 4 is 23.7 Å². The van der Waals surface area contributed by atoms with Crippen molar-refractivity contribution in [3.05, 3.63) is 29.8 Å². The van der Waals surface area contributed by atoms with E-state index >= 15 is 0 Å². The van der Waals surface area contributed by atoms with Gasteiger partial charge in [0.2, 0.25) is 17.7 Å². The number of carbonyl (C=O) groups is 4. The smallest absolute Gasteiger partial charge is 0.326 e. The highest BCUT2D eigenvalue weighted by Crippen LogP contribution is 2.11. The number of hydrogen-bond acceptors (Lipinski definition) is 6. The topological polar surface area (TPSA) is 171 Å². The summed E-state index contributed by atoms with van der Waals surface area (Å²) in [4.78, 5) is 47.5. The predicted molar refractivity (Wildman–Crippen MR) is 109 cm³/mol. The first-order valence-electron chi connectivity index (χ1n) is 9.63. The quantitative estimate of drug-likeness (QED) is 0.279. The van der Waals surface area contributed by atoms with Gasteiger partial charge in [0.25, 0.3) is 0 Å². The third-order valence-corrected chi connectivity index (χ3v) is 4.25. The Morgan fingerprint density at radius 2 is 1.60 bits per heavy atom. The van der Waals surface area contributed by atoms with E-state index in [2.05, 4.69) is 16.0 Å². The molecule has 0 spiro atoms. The van der Waals surface area contributed by atoms with Crippen LogP contribution in [0.4, 0.5) is 0 Å². The van der Waals surface area contributed by atoms with Crippen LogP contribution >= 0.6 is 0 Å². The van der Waals surface area contributed by atoms with Gasteiger partial charge < -0.3 is 31.9 Å². The Hall–Kier alpha value is -3.14. The minimum Gasteiger partial charge on any atom is -0.508 e. The van der Waals surface area contributed by atoms with Crippen molar-refractivity contribution in [2.45, 2.75) is 51.7 Å². The fourth-order valence-electron chi connectivity index (χ4n) is 2.64. The van der Waals surface area contributed by atoms with Gasteiger partial charge in [0.1, 0.15) is 17.8 Å². The average molecular weight is 422 g/mol. The molecule has 7 N–H and O–H groups in total. The first kappa shape index (κ1) is 24.9. The number of nitrogens with one attached hydrogen (secondary N) is 3. The molecule has 3 amide bonds. The van der Waals surface area contributed by atoms with Crippen LogP contribution in [0, 0.1) is 5.92 Å². The number of aliphatic carboxylic acids is 1. The second kappa shape index (κ2) is 11.8. The van der Waals surface area contributed by atoms with Gasteiger partial charge in [-0.25, -0.2) is 4.79 Å². The standard InChI is InChI=1S/C20H30N4O6/c1-11(2)8-15(21)19(28)22-10-17(26)23-12(3)18(27)24-16(20(29)30)9-13-4-6-14(25)7-5-13/h4-7,11-12,15-16,25H,8-10,21H2,1-3H3,(H,22,28)(H,23,26)(H,24,27)(H,29,30). The van der Waals surface area contributed by atoms with E-state index in [1.54, 1.807) is 12.1 Å². The lowest BCUT2D eigenvalue weighted by molar-refractivity contribution is -0.142. The van der Waals surface area contributed by atoms with E-state index < -0.39 is 41.8 Å². The number of amides is 3. The Morgan fingerprint density at radius 1 is 1.00 bits per heavy atom. The largest absolute Gasteiger partial charge is 0.508 e. The summed E-state index contributed by atoms with van der Waals surface area (Å²) in [5, 5.41) is 25.8. The highest BCUT2D eigenvalue weighted by atomic mass is 16.4. The molecule has 0 aliphatic carbocycles. The minimum atomic E-state index is -1.23. The lowest BCUT2D eigenvalue weighted by Crippen LogP contribution is -2.53. The second-order valence-electron chi connectivity index (χ2n) is 7.51. The number of hydrogen-bond donors (Lipinski definition) is 6. The Balaban J connectivity index is 2.52. The third kappa shape index (κ3) is 8.91. The van der Waals surface area contributed by atoms with Gasteiger partial charge in [-0.15, -0.1) is 0 Å². The Labute approximate surface area is 175 Å². The van der Waals surface area contributed by atoms with Crippen LogP contribution in [0.3, 0.4) is 0 Å². The number of phenolic OH excluding ortho intramolecular Hbond substituents is 1. The van der Waals surface area contributed by atoms with Crippen LogP contribution in [-0.4, -0.2) is 58.6 Å². The van der Waals surface area contributed by atoms with E-state index in [1.165, 1.54) is 19.1 Å². The van der Waals surface area contributed by atoms with Gasteiger partial charge in [0.05, 0.1) is 12.6 Å². The molecule has 0 fully saturated rings. The summed E-state index contributed by atoms with van der Waals surface area (Å²) >= 11 is 0. The van der Waals surface area contributed by atoms with Gasteiger partial charge in [0.15, 0.2) is 0 Å². The molecule has 0 saturated heterocycles. The summed E-state index contributed by atoms with van der Waals surface area (Å²) in [5.41, 5.74) is 6.34. The van der Waals surface area contributed by atoms with Crippen molar-refractivity contribution in [1.82, 2.24) is 16.0 Å². The molecule has 3 unspecified atom stereocenters. The molecule has 0 radical (unpaired) electrons. The number of carbonyl (C=O) groups excluding carboxylic acids is 3. The summed E-state index contributed by atoms with van der Waals surface area (Å²) < 4.78 is 0. The lowest BCUT2D eigenvalue weighted by atomic mass is 10.0. The summed E-state index contributed by atoms with van der Waals surface area (Å²) in [7, 11) is 0. The van der Waals surface area contributed by atoms with E-state index in [9.17, 15) is 29.4 Å². The van der Waals surface area contributed by atoms with Crippen LogP contribution in [0.5, 0.6) is 5.75 Å². The van der Waals surface area contributed by atoms with Crippen molar-refractivity contribution in [2.75, 3.05) is 6.54 Å². The molecule has 0 aliphatic rings. The molecule has 0 aromatic heterocycles. The van der Waals surface area contributed by atoms with Gasteiger partial charge in [-0.05, 0) is 37.0 Å². The van der Waals surface area contributed by atoms with Gasteiger partial charge in [0, 0.05) is 6.42 Å². The van der Waals surface area contributed by atoms with Crippen LogP contribution in [-0.2, 0) is 25.6 Å². The Morgan fingerprint density at radius 3 is 2.13 bits per heavy atom. The average Bonchev–Trinajstić information content (AvgIpc) is 2.66. The number of nitrogens with two attached hydrogens (primary N) is 1. The lowest BCUT2D eigenvalue weighted by Gasteiger charge is -2.19. The van der Waals surface area contributed by atoms with Gasteiger partial charge in [-0.1, -0.05) is 26.0 Å². The molecule has 3 atom stereocenters. The normalized spacial score (nSPS) is 13.8. The summed E-state index contributed by atoms with van der Waals surface area (Å²) in [6, 6.07) is 2.98. The monoisotopic (exact) mass is 422 g/mol. The number of carboxylic acid groups (broad SMARTS) is 1. The van der Waals surface area contributed by atoms with Crippen LogP contribution in [0.2, 0.25) is 0 Å². The molecule has 0 bridgehead atoms. The van der Waals surface area contributed by atoms with Crippen LogP contribution < -0.4 is 21.7 Å². The third-order valence-electron chi connectivity index (χ3n) is 4.25. The fraction of sp³-hybridized carbons (Fsp3) is 0.500. The van der Waals surface area contributed by atoms with Crippen molar-refractivity contribution in [1.29, 1.82) is 0 Å². The number of aromatic hydroxyl groups is 1. The number of rotatable bonds is 11. The highest BCUT2D eigenvalue weighted by Gasteiger charge is 2.24. The van der Waals surface area contributed by atoms with Gasteiger partial charge in [-0.3, -0.25) is 14.4 Å². The molecule has 1 rings (SSSR count).